The molecule has 5 heteroatoms. The first-order valence-corrected chi connectivity index (χ1v) is 4.15. The number of nitrogens with zero attached hydrogens (tertiary/aromatic N) is 3. The minimum absolute atomic E-state index is 0.0213. The first-order valence-electron chi connectivity index (χ1n) is 4.15. The highest BCUT2D eigenvalue weighted by Crippen LogP contribution is 2.27. The SMILES string of the molecule is Cc1c(C#N)ncc(CC#N)c1C(F)F. The Morgan fingerprint density at radius 1 is 1.47 bits per heavy atom. The van der Waals surface area contributed by atoms with E-state index in [1.807, 2.05) is 0 Å². The van der Waals surface area contributed by atoms with E-state index >= 15 is 0 Å². The van der Waals surface area contributed by atoms with Gasteiger partial charge in [-0.25, -0.2) is 13.8 Å². The fourth-order valence-electron chi connectivity index (χ4n) is 1.32. The maximum atomic E-state index is 12.7. The third-order valence-corrected chi connectivity index (χ3v) is 2.05. The average Bonchev–Trinajstić information content (AvgIpc) is 2.18. The summed E-state index contributed by atoms with van der Waals surface area (Å²) in [7, 11) is 0. The van der Waals surface area contributed by atoms with Gasteiger partial charge in [0.2, 0.25) is 0 Å². The van der Waals surface area contributed by atoms with E-state index in [-0.39, 0.29) is 28.8 Å². The molecule has 0 aromatic carbocycles. The monoisotopic (exact) mass is 207 g/mol. The molecule has 0 atom stereocenters. The Kier molecular flexibility index (Phi) is 3.30. The van der Waals surface area contributed by atoms with Crippen molar-refractivity contribution in [2.24, 2.45) is 0 Å². The summed E-state index contributed by atoms with van der Waals surface area (Å²) in [6, 6.07) is 3.52. The maximum absolute atomic E-state index is 12.7. The third kappa shape index (κ3) is 2.08. The van der Waals surface area contributed by atoms with Gasteiger partial charge in [-0.15, -0.1) is 0 Å². The van der Waals surface area contributed by atoms with Crippen LogP contribution in [0.15, 0.2) is 6.20 Å². The second-order valence-electron chi connectivity index (χ2n) is 2.92. The molecule has 0 unspecified atom stereocenters. The second kappa shape index (κ2) is 4.47. The van der Waals surface area contributed by atoms with Crippen LogP contribution in [0.4, 0.5) is 8.78 Å². The van der Waals surface area contributed by atoms with Crippen LogP contribution in [0, 0.1) is 29.6 Å². The Morgan fingerprint density at radius 3 is 2.60 bits per heavy atom. The van der Waals surface area contributed by atoms with Gasteiger partial charge < -0.3 is 0 Å². The molecule has 1 aromatic rings. The summed E-state index contributed by atoms with van der Waals surface area (Å²) >= 11 is 0. The summed E-state index contributed by atoms with van der Waals surface area (Å²) < 4.78 is 25.4. The van der Waals surface area contributed by atoms with Crippen molar-refractivity contribution in [2.75, 3.05) is 0 Å². The lowest BCUT2D eigenvalue weighted by Gasteiger charge is -2.09. The van der Waals surface area contributed by atoms with Crippen molar-refractivity contribution in [3.63, 3.8) is 0 Å². The lowest BCUT2D eigenvalue weighted by atomic mass is 10.0. The number of halogens is 2. The fraction of sp³-hybridized carbons (Fsp3) is 0.300. The van der Waals surface area contributed by atoms with Crippen molar-refractivity contribution < 1.29 is 8.78 Å². The van der Waals surface area contributed by atoms with Crippen LogP contribution >= 0.6 is 0 Å². The predicted octanol–water partition coefficient (Wildman–Crippen LogP) is 2.27. The Balaban J connectivity index is 3.40. The normalized spacial score (nSPS) is 9.73. The molecule has 1 aromatic heterocycles. The van der Waals surface area contributed by atoms with E-state index in [4.69, 9.17) is 10.5 Å². The van der Waals surface area contributed by atoms with Crippen LogP contribution in [0.2, 0.25) is 0 Å². The van der Waals surface area contributed by atoms with E-state index in [0.717, 1.165) is 6.20 Å². The molecule has 76 valence electrons. The Bertz CT molecular complexity index is 455. The van der Waals surface area contributed by atoms with E-state index < -0.39 is 6.43 Å². The van der Waals surface area contributed by atoms with E-state index in [9.17, 15) is 8.78 Å². The third-order valence-electron chi connectivity index (χ3n) is 2.05. The number of pyridine rings is 1. The molecule has 0 saturated heterocycles. The molecule has 0 bridgehead atoms. The van der Waals surface area contributed by atoms with Gasteiger partial charge in [0.05, 0.1) is 12.5 Å². The zero-order chi connectivity index (χ0) is 11.4. The summed E-state index contributed by atoms with van der Waals surface area (Å²) in [6.07, 6.45) is -1.65. The minimum atomic E-state index is -2.69. The van der Waals surface area contributed by atoms with Crippen molar-refractivity contribution in [1.29, 1.82) is 10.5 Å². The van der Waals surface area contributed by atoms with Crippen LogP contribution in [0.1, 0.15) is 28.8 Å². The first kappa shape index (κ1) is 11.1. The van der Waals surface area contributed by atoms with Gasteiger partial charge in [-0.2, -0.15) is 10.5 Å². The highest BCUT2D eigenvalue weighted by Gasteiger charge is 2.18. The quantitative estimate of drug-likeness (QED) is 0.747. The Labute approximate surface area is 85.6 Å². The second-order valence-corrected chi connectivity index (χ2v) is 2.92. The number of hydrogen-bond donors (Lipinski definition) is 0. The first-order chi connectivity index (χ1) is 7.11. The van der Waals surface area contributed by atoms with Crippen molar-refractivity contribution in [3.8, 4) is 12.1 Å². The molecular formula is C10H7F2N3. The lowest BCUT2D eigenvalue weighted by molar-refractivity contribution is 0.149. The number of rotatable bonds is 2. The predicted molar refractivity (Wildman–Crippen MR) is 48.0 cm³/mol. The maximum Gasteiger partial charge on any atom is 0.264 e. The smallest absolute Gasteiger partial charge is 0.245 e. The van der Waals surface area contributed by atoms with Crippen LogP contribution in [-0.2, 0) is 6.42 Å². The van der Waals surface area contributed by atoms with E-state index in [0.29, 0.717) is 0 Å². The topological polar surface area (TPSA) is 60.5 Å². The average molecular weight is 207 g/mol. The van der Waals surface area contributed by atoms with Crippen LogP contribution in [0.5, 0.6) is 0 Å². The van der Waals surface area contributed by atoms with E-state index in [2.05, 4.69) is 4.98 Å². The van der Waals surface area contributed by atoms with Crippen LogP contribution in [0.25, 0.3) is 0 Å². The van der Waals surface area contributed by atoms with Crippen molar-refractivity contribution in [1.82, 2.24) is 4.98 Å². The Hall–Kier alpha value is -2.01. The molecular weight excluding hydrogens is 200 g/mol. The van der Waals surface area contributed by atoms with Crippen LogP contribution in [0.3, 0.4) is 0 Å². The zero-order valence-corrected chi connectivity index (χ0v) is 7.96. The highest BCUT2D eigenvalue weighted by molar-refractivity contribution is 5.42. The van der Waals surface area contributed by atoms with Gasteiger partial charge in [-0.1, -0.05) is 0 Å². The molecule has 0 spiro atoms. The number of nitriles is 2. The van der Waals surface area contributed by atoms with E-state index in [1.165, 1.54) is 6.92 Å². The minimum Gasteiger partial charge on any atom is -0.245 e. The number of hydrogen-bond acceptors (Lipinski definition) is 3. The molecule has 0 saturated carbocycles. The largest absolute Gasteiger partial charge is 0.264 e. The lowest BCUT2D eigenvalue weighted by Crippen LogP contribution is -2.02. The zero-order valence-electron chi connectivity index (χ0n) is 7.96. The van der Waals surface area contributed by atoms with Crippen molar-refractivity contribution in [2.45, 2.75) is 19.8 Å². The van der Waals surface area contributed by atoms with Crippen LogP contribution < -0.4 is 0 Å². The van der Waals surface area contributed by atoms with Gasteiger partial charge in [0.25, 0.3) is 6.43 Å². The summed E-state index contributed by atoms with van der Waals surface area (Å²) in [6.45, 7) is 1.41. The van der Waals surface area contributed by atoms with E-state index in [1.54, 1.807) is 12.1 Å². The van der Waals surface area contributed by atoms with Crippen molar-refractivity contribution in [3.05, 3.63) is 28.6 Å². The standard InChI is InChI=1S/C10H7F2N3/c1-6-8(4-14)15-5-7(2-3-13)9(6)10(11)12/h5,10H,2H2,1H3. The Morgan fingerprint density at radius 2 is 2.13 bits per heavy atom. The van der Waals surface area contributed by atoms with Gasteiger partial charge >= 0.3 is 0 Å². The molecule has 3 nitrogen and oxygen atoms in total. The molecule has 1 rings (SSSR count). The van der Waals surface area contributed by atoms with Gasteiger partial charge in [0.15, 0.2) is 0 Å². The molecule has 0 radical (unpaired) electrons. The summed E-state index contributed by atoms with van der Waals surface area (Å²) in [5.74, 6) is 0. The highest BCUT2D eigenvalue weighted by atomic mass is 19.3. The van der Waals surface area contributed by atoms with Crippen molar-refractivity contribution >= 4 is 0 Å². The molecule has 0 amide bonds. The molecule has 0 aliphatic heterocycles. The molecule has 0 aliphatic carbocycles. The van der Waals surface area contributed by atoms with Gasteiger partial charge in [-0.05, 0) is 18.1 Å². The summed E-state index contributed by atoms with van der Waals surface area (Å²) in [5, 5.41) is 17.1. The fourth-order valence-corrected chi connectivity index (χ4v) is 1.32. The number of alkyl halides is 2. The molecule has 0 N–H and O–H groups in total. The van der Waals surface area contributed by atoms with Crippen LogP contribution in [-0.4, -0.2) is 4.98 Å². The summed E-state index contributed by atoms with van der Waals surface area (Å²) in [5.41, 5.74) is 0.0688. The summed E-state index contributed by atoms with van der Waals surface area (Å²) in [4.78, 5) is 3.71. The van der Waals surface area contributed by atoms with Gasteiger partial charge in [-0.3, -0.25) is 0 Å². The van der Waals surface area contributed by atoms with Gasteiger partial charge in [0.1, 0.15) is 11.8 Å². The molecule has 0 fully saturated rings. The van der Waals surface area contributed by atoms with Gasteiger partial charge in [0, 0.05) is 11.8 Å². The number of aromatic nitrogens is 1. The molecule has 15 heavy (non-hydrogen) atoms. The molecule has 1 heterocycles. The molecule has 0 aliphatic rings.